The van der Waals surface area contributed by atoms with Crippen LogP contribution < -0.4 is 16.2 Å². The zero-order valence-electron chi connectivity index (χ0n) is 17.6. The predicted octanol–water partition coefficient (Wildman–Crippen LogP) is 4.12. The lowest BCUT2D eigenvalue weighted by atomic mass is 9.43. The van der Waals surface area contributed by atoms with E-state index in [4.69, 9.17) is 14.9 Å². The second-order valence-corrected chi connectivity index (χ2v) is 10.6. The highest BCUT2D eigenvalue weighted by atomic mass is 16.5. The summed E-state index contributed by atoms with van der Waals surface area (Å²) in [5, 5.41) is 0. The largest absolute Gasteiger partial charge is 0.496 e. The fourth-order valence-corrected chi connectivity index (χ4v) is 7.67. The fourth-order valence-electron chi connectivity index (χ4n) is 7.67. The maximum Gasteiger partial charge on any atom is 0.417 e. The van der Waals surface area contributed by atoms with E-state index < -0.39 is 0 Å². The molecule has 28 heavy (non-hydrogen) atoms. The number of oxazole rings is 1. The van der Waals surface area contributed by atoms with Crippen molar-refractivity contribution in [3.8, 4) is 5.75 Å². The summed E-state index contributed by atoms with van der Waals surface area (Å²) in [4.78, 5) is 14.9. The minimum atomic E-state index is -0.390. The number of nitrogens with two attached hydrogens (primary N) is 1. The molecule has 2 fully saturated rings. The molecular weight excluding hydrogens is 352 g/mol. The Hall–Kier alpha value is -1.75. The Morgan fingerprint density at radius 3 is 2.64 bits per heavy atom. The molecule has 0 spiro atoms. The van der Waals surface area contributed by atoms with Crippen molar-refractivity contribution in [1.82, 2.24) is 4.98 Å². The molecule has 2 saturated carbocycles. The van der Waals surface area contributed by atoms with Crippen LogP contribution in [-0.2, 0) is 11.8 Å². The molecule has 5 nitrogen and oxygen atoms in total. The number of nitrogens with one attached hydrogen (secondary N) is 1. The molecule has 5 atom stereocenters. The highest BCUT2D eigenvalue weighted by Gasteiger charge is 2.63. The normalized spacial score (nSPS) is 38.7. The summed E-state index contributed by atoms with van der Waals surface area (Å²) in [5.41, 5.74) is 11.0. The first-order chi connectivity index (χ1) is 13.1. The molecule has 2 aromatic rings. The lowest BCUT2D eigenvalue weighted by Crippen LogP contribution is -2.60. The van der Waals surface area contributed by atoms with Gasteiger partial charge in [0.2, 0.25) is 0 Å². The maximum atomic E-state index is 11.9. The number of H-pyrrole nitrogens is 1. The molecule has 3 aliphatic carbocycles. The number of aromatic amines is 1. The zero-order valence-corrected chi connectivity index (χ0v) is 17.6. The molecule has 1 aromatic carbocycles. The Morgan fingerprint density at radius 2 is 1.93 bits per heavy atom. The van der Waals surface area contributed by atoms with Gasteiger partial charge in [-0.15, -0.1) is 0 Å². The highest BCUT2D eigenvalue weighted by Crippen LogP contribution is 2.68. The van der Waals surface area contributed by atoms with E-state index in [1.807, 2.05) is 6.07 Å². The van der Waals surface area contributed by atoms with Gasteiger partial charge < -0.3 is 14.9 Å². The summed E-state index contributed by atoms with van der Waals surface area (Å²) >= 11 is 0. The number of methoxy groups -OCH3 is 1. The quantitative estimate of drug-likeness (QED) is 0.775. The molecule has 0 aliphatic heterocycles. The molecule has 5 heteroatoms. The summed E-state index contributed by atoms with van der Waals surface area (Å²) in [7, 11) is 1.72. The molecule has 0 saturated heterocycles. The number of aromatic nitrogens is 1. The van der Waals surface area contributed by atoms with Crippen LogP contribution in [0.3, 0.4) is 0 Å². The van der Waals surface area contributed by atoms with Crippen LogP contribution in [0, 0.1) is 22.7 Å². The first-order valence-corrected chi connectivity index (χ1v) is 10.6. The van der Waals surface area contributed by atoms with E-state index in [-0.39, 0.29) is 28.0 Å². The van der Waals surface area contributed by atoms with Crippen molar-refractivity contribution in [1.29, 1.82) is 0 Å². The second kappa shape index (κ2) is 5.44. The number of rotatable bonds is 1. The fraction of sp³-hybridized carbons (Fsp3) is 0.696. The number of hydrogen-bond donors (Lipinski definition) is 2. The van der Waals surface area contributed by atoms with E-state index in [0.717, 1.165) is 30.5 Å². The Bertz CT molecular complexity index is 1020. The first-order valence-electron chi connectivity index (χ1n) is 10.6. The molecule has 152 valence electrons. The summed E-state index contributed by atoms with van der Waals surface area (Å²) in [6, 6.07) is 2.17. The number of hydrogen-bond acceptors (Lipinski definition) is 4. The smallest absolute Gasteiger partial charge is 0.417 e. The third-order valence-corrected chi connectivity index (χ3v) is 9.15. The van der Waals surface area contributed by atoms with Gasteiger partial charge in [-0.1, -0.05) is 27.7 Å². The Labute approximate surface area is 166 Å². The van der Waals surface area contributed by atoms with Crippen molar-refractivity contribution in [3.05, 3.63) is 27.7 Å². The lowest BCUT2D eigenvalue weighted by Gasteiger charge is -2.62. The topological polar surface area (TPSA) is 81.2 Å². The third kappa shape index (κ3) is 2.04. The molecule has 0 amide bonds. The van der Waals surface area contributed by atoms with Crippen LogP contribution in [0.25, 0.3) is 11.1 Å². The van der Waals surface area contributed by atoms with E-state index in [2.05, 4.69) is 32.7 Å². The first kappa shape index (κ1) is 18.3. The minimum absolute atomic E-state index is 0.0474. The molecule has 3 aliphatic rings. The SMILES string of the molecule is COc1cc2oc(=O)[nH]c2c2c1C1(C)CCC3C(C)(C)C(N)CCC3(C)C1C2. The van der Waals surface area contributed by atoms with Gasteiger partial charge in [-0.05, 0) is 60.3 Å². The van der Waals surface area contributed by atoms with Gasteiger partial charge in [-0.25, -0.2) is 4.79 Å². The van der Waals surface area contributed by atoms with Crippen molar-refractivity contribution in [3.63, 3.8) is 0 Å². The molecule has 0 bridgehead atoms. The van der Waals surface area contributed by atoms with Crippen molar-refractivity contribution >= 4 is 11.1 Å². The van der Waals surface area contributed by atoms with Crippen LogP contribution in [0.2, 0.25) is 0 Å². The second-order valence-electron chi connectivity index (χ2n) is 10.6. The Morgan fingerprint density at radius 1 is 1.18 bits per heavy atom. The summed E-state index contributed by atoms with van der Waals surface area (Å²) in [5.74, 6) is 1.60. The van der Waals surface area contributed by atoms with Crippen molar-refractivity contribution < 1.29 is 9.15 Å². The van der Waals surface area contributed by atoms with Gasteiger partial charge in [-0.2, -0.15) is 0 Å². The monoisotopic (exact) mass is 384 g/mol. The summed E-state index contributed by atoms with van der Waals surface area (Å²) in [6.07, 6.45) is 5.53. The van der Waals surface area contributed by atoms with Crippen LogP contribution in [0.15, 0.2) is 15.3 Å². The van der Waals surface area contributed by atoms with Gasteiger partial charge in [-0.3, -0.25) is 4.98 Å². The summed E-state index contributed by atoms with van der Waals surface area (Å²) < 4.78 is 11.2. The third-order valence-electron chi connectivity index (χ3n) is 9.15. The number of ether oxygens (including phenoxy) is 1. The van der Waals surface area contributed by atoms with Crippen molar-refractivity contribution in [2.75, 3.05) is 7.11 Å². The van der Waals surface area contributed by atoms with Gasteiger partial charge in [0.05, 0.1) is 12.6 Å². The number of benzene rings is 1. The molecule has 1 aromatic heterocycles. The van der Waals surface area contributed by atoms with E-state index >= 15 is 0 Å². The molecule has 0 radical (unpaired) electrons. The standard InChI is InChI=1S/C23H32N2O3/c1-21(2)15-6-8-23(4)16(22(15,3)9-7-17(21)24)10-12-18(23)13(27-5)11-14-19(12)25-20(26)28-14/h11,15-17H,6-10,24H2,1-5H3,(H,25,26). The van der Waals surface area contributed by atoms with Crippen molar-refractivity contribution in [2.24, 2.45) is 28.4 Å². The minimum Gasteiger partial charge on any atom is -0.496 e. The lowest BCUT2D eigenvalue weighted by molar-refractivity contribution is -0.107. The average Bonchev–Trinajstić information content (AvgIpc) is 3.15. The molecule has 3 N–H and O–H groups in total. The van der Waals surface area contributed by atoms with E-state index in [9.17, 15) is 4.79 Å². The van der Waals surface area contributed by atoms with Crippen LogP contribution in [0.4, 0.5) is 0 Å². The van der Waals surface area contributed by atoms with Crippen molar-refractivity contribution in [2.45, 2.75) is 71.3 Å². The van der Waals surface area contributed by atoms with Gasteiger partial charge in [0, 0.05) is 23.1 Å². The van der Waals surface area contributed by atoms with E-state index in [0.29, 0.717) is 17.4 Å². The van der Waals surface area contributed by atoms with Crippen LogP contribution in [0.1, 0.15) is 64.5 Å². The Kier molecular flexibility index (Phi) is 3.55. The van der Waals surface area contributed by atoms with Crippen LogP contribution in [0.5, 0.6) is 5.75 Å². The zero-order chi connectivity index (χ0) is 20.1. The Balaban J connectivity index is 1.71. The van der Waals surface area contributed by atoms with E-state index in [1.54, 1.807) is 7.11 Å². The van der Waals surface area contributed by atoms with Crippen LogP contribution in [-0.4, -0.2) is 18.1 Å². The molecular formula is C23H32N2O3. The van der Waals surface area contributed by atoms with E-state index in [1.165, 1.54) is 24.0 Å². The average molecular weight is 385 g/mol. The van der Waals surface area contributed by atoms with Gasteiger partial charge in [0.1, 0.15) is 5.75 Å². The summed E-state index contributed by atoms with van der Waals surface area (Å²) in [6.45, 7) is 9.66. The van der Waals surface area contributed by atoms with Crippen LogP contribution >= 0.6 is 0 Å². The maximum absolute atomic E-state index is 11.9. The molecule has 1 heterocycles. The van der Waals surface area contributed by atoms with Gasteiger partial charge in [0.15, 0.2) is 5.58 Å². The van der Waals surface area contributed by atoms with Gasteiger partial charge in [0.25, 0.3) is 0 Å². The van der Waals surface area contributed by atoms with Gasteiger partial charge >= 0.3 is 5.76 Å². The molecule has 5 unspecified atom stereocenters. The predicted molar refractivity (Wildman–Crippen MR) is 110 cm³/mol. The molecule has 5 rings (SSSR count). The number of fused-ring (bicyclic) bond motifs is 7. The highest BCUT2D eigenvalue weighted by molar-refractivity contribution is 5.82.